The van der Waals surface area contributed by atoms with Gasteiger partial charge < -0.3 is 10.6 Å². The smallest absolute Gasteiger partial charge is 0.246 e. The summed E-state index contributed by atoms with van der Waals surface area (Å²) in [6.45, 7) is 1.86. The van der Waals surface area contributed by atoms with Gasteiger partial charge >= 0.3 is 0 Å². The number of fused-ring (bicyclic) bond motifs is 1. The van der Waals surface area contributed by atoms with Crippen LogP contribution in [0.1, 0.15) is 13.3 Å². The van der Waals surface area contributed by atoms with Crippen LogP contribution in [0.2, 0.25) is 0 Å². The molecule has 3 nitrogen and oxygen atoms in total. The Morgan fingerprint density at radius 1 is 1.53 bits per heavy atom. The van der Waals surface area contributed by atoms with Crippen molar-refractivity contribution >= 4 is 30.6 Å². The maximum Gasteiger partial charge on any atom is 0.246 e. The van der Waals surface area contributed by atoms with Gasteiger partial charge in [0.1, 0.15) is 19.7 Å². The molecule has 5 heteroatoms. The van der Waals surface area contributed by atoms with Gasteiger partial charge in [0.25, 0.3) is 0 Å². The van der Waals surface area contributed by atoms with Gasteiger partial charge in [-0.1, -0.05) is 12.4 Å². The van der Waals surface area contributed by atoms with E-state index >= 15 is 0 Å². The minimum Gasteiger partial charge on any atom is -0.370 e. The standard InChI is InChI=1S/C10H10BFN2O/c1-2-7-10(15)14-8-4-5(11)3-6(12)9(8)13-7/h3-4,7,13H,2H2,1H3,(H,14,15). The van der Waals surface area contributed by atoms with E-state index in [0.717, 1.165) is 0 Å². The Bertz CT molecular complexity index is 422. The van der Waals surface area contributed by atoms with Gasteiger partial charge in [-0.25, -0.2) is 4.39 Å². The van der Waals surface area contributed by atoms with Gasteiger partial charge in [-0.3, -0.25) is 4.79 Å². The molecule has 1 aromatic carbocycles. The number of amides is 1. The van der Waals surface area contributed by atoms with Crippen molar-refractivity contribution in [3.05, 3.63) is 17.9 Å². The molecule has 1 unspecified atom stereocenters. The Kier molecular flexibility index (Phi) is 2.38. The maximum atomic E-state index is 13.5. The fourth-order valence-corrected chi connectivity index (χ4v) is 1.62. The molecule has 76 valence electrons. The molecule has 1 aromatic rings. The quantitative estimate of drug-likeness (QED) is 0.663. The van der Waals surface area contributed by atoms with Crippen molar-refractivity contribution in [2.75, 3.05) is 10.6 Å². The second-order valence-electron chi connectivity index (χ2n) is 3.52. The second kappa shape index (κ2) is 3.57. The second-order valence-corrected chi connectivity index (χ2v) is 3.52. The van der Waals surface area contributed by atoms with Crippen molar-refractivity contribution in [2.24, 2.45) is 0 Å². The normalized spacial score (nSPS) is 19.1. The van der Waals surface area contributed by atoms with E-state index in [-0.39, 0.29) is 11.9 Å². The lowest BCUT2D eigenvalue weighted by molar-refractivity contribution is -0.117. The van der Waals surface area contributed by atoms with Gasteiger partial charge in [0.15, 0.2) is 0 Å². The molecular weight excluding hydrogens is 194 g/mol. The highest BCUT2D eigenvalue weighted by Gasteiger charge is 2.25. The summed E-state index contributed by atoms with van der Waals surface area (Å²) in [6.07, 6.45) is 0.606. The van der Waals surface area contributed by atoms with Crippen LogP contribution >= 0.6 is 0 Å². The number of hydrogen-bond acceptors (Lipinski definition) is 2. The van der Waals surface area contributed by atoms with Crippen LogP contribution in [0.15, 0.2) is 12.1 Å². The predicted octanol–water partition coefficient (Wildman–Crippen LogP) is 0.762. The maximum absolute atomic E-state index is 13.5. The molecule has 1 amide bonds. The number of rotatable bonds is 1. The molecule has 15 heavy (non-hydrogen) atoms. The van der Waals surface area contributed by atoms with Crippen molar-refractivity contribution in [3.8, 4) is 0 Å². The van der Waals surface area contributed by atoms with Gasteiger partial charge in [-0.05, 0) is 18.6 Å². The van der Waals surface area contributed by atoms with E-state index in [0.29, 0.717) is 23.3 Å². The summed E-state index contributed by atoms with van der Waals surface area (Å²) in [4.78, 5) is 11.5. The minimum absolute atomic E-state index is 0.157. The molecule has 0 aliphatic carbocycles. The Morgan fingerprint density at radius 3 is 2.93 bits per heavy atom. The summed E-state index contributed by atoms with van der Waals surface area (Å²) in [7, 11) is 5.48. The molecule has 0 bridgehead atoms. The highest BCUT2D eigenvalue weighted by Crippen LogP contribution is 2.28. The van der Waals surface area contributed by atoms with Gasteiger partial charge in [-0.15, -0.1) is 0 Å². The van der Waals surface area contributed by atoms with Gasteiger partial charge in [0, 0.05) is 0 Å². The van der Waals surface area contributed by atoms with Crippen LogP contribution in [0, 0.1) is 5.82 Å². The molecule has 1 aliphatic heterocycles. The van der Waals surface area contributed by atoms with Gasteiger partial charge in [0.05, 0.1) is 11.4 Å². The number of benzene rings is 1. The fraction of sp³-hybridized carbons (Fsp3) is 0.300. The summed E-state index contributed by atoms with van der Waals surface area (Å²) in [6, 6.07) is 2.39. The van der Waals surface area contributed by atoms with E-state index in [4.69, 9.17) is 7.85 Å². The van der Waals surface area contributed by atoms with Crippen molar-refractivity contribution in [1.29, 1.82) is 0 Å². The zero-order valence-electron chi connectivity index (χ0n) is 8.30. The van der Waals surface area contributed by atoms with Crippen molar-refractivity contribution in [2.45, 2.75) is 19.4 Å². The summed E-state index contributed by atoms with van der Waals surface area (Å²) in [5.41, 5.74) is 1.01. The molecule has 2 N–H and O–H groups in total. The van der Waals surface area contributed by atoms with E-state index in [2.05, 4.69) is 10.6 Å². The molecule has 0 fully saturated rings. The Hall–Kier alpha value is -1.52. The SMILES string of the molecule is [B]c1cc(F)c2c(c1)NC(=O)C(CC)N2. The summed E-state index contributed by atoms with van der Waals surface area (Å²) >= 11 is 0. The van der Waals surface area contributed by atoms with Crippen LogP contribution in [0.5, 0.6) is 0 Å². The highest BCUT2D eigenvalue weighted by atomic mass is 19.1. The van der Waals surface area contributed by atoms with Crippen molar-refractivity contribution < 1.29 is 9.18 Å². The number of carbonyl (C=O) groups is 1. The average molecular weight is 204 g/mol. The third-order valence-corrected chi connectivity index (χ3v) is 2.41. The highest BCUT2D eigenvalue weighted by molar-refractivity contribution is 6.33. The first kappa shape index (κ1) is 10.0. The fourth-order valence-electron chi connectivity index (χ4n) is 1.62. The van der Waals surface area contributed by atoms with Crippen LogP contribution in [0.4, 0.5) is 15.8 Å². The summed E-state index contributed by atoms with van der Waals surface area (Å²) in [5, 5.41) is 5.47. The Labute approximate surface area is 88.5 Å². The molecule has 1 aliphatic rings. The Balaban J connectivity index is 2.45. The monoisotopic (exact) mass is 204 g/mol. The van der Waals surface area contributed by atoms with E-state index in [1.807, 2.05) is 6.92 Å². The molecule has 1 heterocycles. The van der Waals surface area contributed by atoms with Crippen molar-refractivity contribution in [1.82, 2.24) is 0 Å². The van der Waals surface area contributed by atoms with Crippen LogP contribution < -0.4 is 16.1 Å². The number of hydrogen-bond donors (Lipinski definition) is 2. The zero-order chi connectivity index (χ0) is 11.0. The molecule has 0 saturated heterocycles. The number of anilines is 2. The number of carbonyl (C=O) groups excluding carboxylic acids is 1. The van der Waals surface area contributed by atoms with Crippen molar-refractivity contribution in [3.63, 3.8) is 0 Å². The first-order valence-electron chi connectivity index (χ1n) is 4.78. The largest absolute Gasteiger partial charge is 0.370 e. The van der Waals surface area contributed by atoms with E-state index < -0.39 is 5.82 Å². The minimum atomic E-state index is -0.441. The van der Waals surface area contributed by atoms with Crippen LogP contribution in [-0.4, -0.2) is 19.8 Å². The lowest BCUT2D eigenvalue weighted by Crippen LogP contribution is -2.39. The molecular formula is C10H10BFN2O. The average Bonchev–Trinajstić information content (AvgIpc) is 2.16. The number of halogens is 1. The Morgan fingerprint density at radius 2 is 2.27 bits per heavy atom. The first-order valence-corrected chi connectivity index (χ1v) is 4.78. The molecule has 2 rings (SSSR count). The third kappa shape index (κ3) is 1.69. The predicted molar refractivity (Wildman–Crippen MR) is 58.1 cm³/mol. The summed E-state index contributed by atoms with van der Waals surface area (Å²) < 4.78 is 13.5. The molecule has 0 saturated carbocycles. The van der Waals surface area contributed by atoms with E-state index in [9.17, 15) is 9.18 Å². The van der Waals surface area contributed by atoms with Crippen LogP contribution in [-0.2, 0) is 4.79 Å². The molecule has 2 radical (unpaired) electrons. The third-order valence-electron chi connectivity index (χ3n) is 2.41. The van der Waals surface area contributed by atoms with Gasteiger partial charge in [-0.2, -0.15) is 0 Å². The lowest BCUT2D eigenvalue weighted by atomic mass is 9.94. The molecule has 0 spiro atoms. The van der Waals surface area contributed by atoms with E-state index in [1.165, 1.54) is 12.1 Å². The zero-order valence-corrected chi connectivity index (χ0v) is 8.30. The van der Waals surface area contributed by atoms with Gasteiger partial charge in [0.2, 0.25) is 5.91 Å². The summed E-state index contributed by atoms with van der Waals surface area (Å²) in [5.74, 6) is -0.599. The lowest BCUT2D eigenvalue weighted by Gasteiger charge is -2.26. The number of nitrogens with one attached hydrogen (secondary N) is 2. The first-order chi connectivity index (χ1) is 7.11. The molecule has 1 atom stereocenters. The van der Waals surface area contributed by atoms with E-state index in [1.54, 1.807) is 0 Å². The topological polar surface area (TPSA) is 41.1 Å². The van der Waals surface area contributed by atoms with Crippen LogP contribution in [0.25, 0.3) is 0 Å². The van der Waals surface area contributed by atoms with Crippen LogP contribution in [0.3, 0.4) is 0 Å². The molecule has 0 aromatic heterocycles.